The van der Waals surface area contributed by atoms with Crippen LogP contribution in [0.4, 0.5) is 0 Å². The molecule has 2 radical (unpaired) electrons. The first-order valence-corrected chi connectivity index (χ1v) is 10.4. The summed E-state index contributed by atoms with van der Waals surface area (Å²) in [5, 5.41) is 0. The molecule has 0 unspecified atom stereocenters. The van der Waals surface area contributed by atoms with Crippen molar-refractivity contribution in [3.63, 3.8) is 0 Å². The van der Waals surface area contributed by atoms with E-state index >= 15 is 0 Å². The molecule has 1 aliphatic rings. The maximum absolute atomic E-state index is 2.36. The topological polar surface area (TPSA) is 0 Å². The maximum atomic E-state index is 2.36. The van der Waals surface area contributed by atoms with Gasteiger partial charge in [0, 0.05) is 11.8 Å². The molecule has 0 aromatic heterocycles. The third kappa shape index (κ3) is 3.89. The van der Waals surface area contributed by atoms with E-state index in [2.05, 4.69) is 109 Å². The van der Waals surface area contributed by atoms with Gasteiger partial charge in [0.1, 0.15) is 0 Å². The highest BCUT2D eigenvalue weighted by Crippen LogP contribution is 2.43. The van der Waals surface area contributed by atoms with Crippen molar-refractivity contribution in [2.24, 2.45) is 0 Å². The number of hydrogen-bond acceptors (Lipinski definition) is 0. The number of benzene rings is 4. The average Bonchev–Trinajstić information content (AvgIpc) is 3.31. The second-order valence-corrected chi connectivity index (χ2v) is 7.78. The molecule has 0 spiro atoms. The molecule has 0 nitrogen and oxygen atoms in total. The van der Waals surface area contributed by atoms with Crippen molar-refractivity contribution in [3.8, 4) is 22.3 Å². The van der Waals surface area contributed by atoms with Gasteiger partial charge in [-0.3, -0.25) is 0 Å². The number of hydrogen-bond donors (Lipinski definition) is 0. The summed E-state index contributed by atoms with van der Waals surface area (Å²) in [6, 6.07) is 39.4. The first-order valence-electron chi connectivity index (χ1n) is 10.4. The summed E-state index contributed by atoms with van der Waals surface area (Å²) in [5.41, 5.74) is 7.95. The van der Waals surface area contributed by atoms with Crippen LogP contribution in [0.3, 0.4) is 0 Å². The van der Waals surface area contributed by atoms with Crippen LogP contribution in [-0.4, -0.2) is 0 Å². The molecule has 0 atom stereocenters. The van der Waals surface area contributed by atoms with Gasteiger partial charge in [0.2, 0.25) is 0 Å². The Labute approximate surface area is 173 Å². The highest BCUT2D eigenvalue weighted by molar-refractivity contribution is 5.66. The van der Waals surface area contributed by atoms with E-state index in [1.807, 2.05) is 0 Å². The van der Waals surface area contributed by atoms with Crippen LogP contribution in [0.2, 0.25) is 0 Å². The summed E-state index contributed by atoms with van der Waals surface area (Å²) in [6.07, 6.45) is 3.39. The summed E-state index contributed by atoms with van der Waals surface area (Å²) in [7, 11) is 0. The molecule has 5 rings (SSSR count). The van der Waals surface area contributed by atoms with Crippen LogP contribution in [0.25, 0.3) is 22.3 Å². The molecule has 29 heavy (non-hydrogen) atoms. The minimum Gasteiger partial charge on any atom is -0.0622 e. The van der Waals surface area contributed by atoms with Gasteiger partial charge in [0.05, 0.1) is 0 Å². The van der Waals surface area contributed by atoms with Gasteiger partial charge in [-0.15, -0.1) is 0 Å². The minimum atomic E-state index is 1.08. The predicted molar refractivity (Wildman–Crippen MR) is 122 cm³/mol. The van der Waals surface area contributed by atoms with E-state index < -0.39 is 0 Å². The van der Waals surface area contributed by atoms with Crippen LogP contribution in [0.5, 0.6) is 0 Å². The minimum absolute atomic E-state index is 1.08. The van der Waals surface area contributed by atoms with Crippen molar-refractivity contribution in [1.29, 1.82) is 0 Å². The summed E-state index contributed by atoms with van der Waals surface area (Å²) < 4.78 is 0. The van der Waals surface area contributed by atoms with E-state index in [1.165, 1.54) is 33.4 Å². The third-order valence-electron chi connectivity index (χ3n) is 5.91. The molecule has 4 aromatic carbocycles. The zero-order valence-corrected chi connectivity index (χ0v) is 16.5. The molecule has 0 aliphatic heterocycles. The molecule has 0 amide bonds. The van der Waals surface area contributed by atoms with Gasteiger partial charge < -0.3 is 0 Å². The van der Waals surface area contributed by atoms with Crippen molar-refractivity contribution in [2.75, 3.05) is 0 Å². The van der Waals surface area contributed by atoms with Crippen molar-refractivity contribution >= 4 is 0 Å². The summed E-state index contributed by atoms with van der Waals surface area (Å²) in [4.78, 5) is 0. The van der Waals surface area contributed by atoms with Crippen molar-refractivity contribution in [2.45, 2.75) is 19.3 Å². The molecule has 0 N–H and O–H groups in total. The van der Waals surface area contributed by atoms with Gasteiger partial charge in [-0.05, 0) is 52.6 Å². The van der Waals surface area contributed by atoms with Crippen LogP contribution in [-0.2, 0) is 0 Å². The van der Waals surface area contributed by atoms with Gasteiger partial charge >= 0.3 is 0 Å². The molecule has 140 valence electrons. The van der Waals surface area contributed by atoms with Crippen molar-refractivity contribution in [3.05, 3.63) is 132 Å². The monoisotopic (exact) mass is 372 g/mol. The molecule has 1 saturated carbocycles. The average molecular weight is 373 g/mol. The summed E-state index contributed by atoms with van der Waals surface area (Å²) >= 11 is 0. The smallest absolute Gasteiger partial charge is 0.00595 e. The molecule has 0 bridgehead atoms. The SMILES string of the molecule is c1ccc(-c2cccc([C]3CC[C](c4cccc(-c5ccccc5)c4)C3)c2)cc1. The van der Waals surface area contributed by atoms with Gasteiger partial charge in [-0.1, -0.05) is 109 Å². The molecule has 4 aromatic rings. The van der Waals surface area contributed by atoms with E-state index in [-0.39, 0.29) is 0 Å². The quantitative estimate of drug-likeness (QED) is 0.343. The summed E-state index contributed by atoms with van der Waals surface area (Å²) in [5.74, 6) is 3.12. The Kier molecular flexibility index (Phi) is 5.01. The summed E-state index contributed by atoms with van der Waals surface area (Å²) in [6.45, 7) is 0. The molecular weight excluding hydrogens is 348 g/mol. The Bertz CT molecular complexity index is 990. The molecule has 1 fully saturated rings. The highest BCUT2D eigenvalue weighted by Gasteiger charge is 2.28. The van der Waals surface area contributed by atoms with E-state index in [0.717, 1.165) is 19.3 Å². The Morgan fingerprint density at radius 3 is 1.17 bits per heavy atom. The van der Waals surface area contributed by atoms with Gasteiger partial charge in [-0.2, -0.15) is 0 Å². The molecule has 0 saturated heterocycles. The fourth-order valence-corrected chi connectivity index (χ4v) is 4.33. The Morgan fingerprint density at radius 1 is 0.345 bits per heavy atom. The Balaban J connectivity index is 1.36. The highest BCUT2D eigenvalue weighted by atomic mass is 14.3. The third-order valence-corrected chi connectivity index (χ3v) is 5.91. The normalized spacial score (nSPS) is 14.9. The fraction of sp³-hybridized carbons (Fsp3) is 0.103. The van der Waals surface area contributed by atoms with E-state index in [1.54, 1.807) is 11.8 Å². The molecule has 1 aliphatic carbocycles. The van der Waals surface area contributed by atoms with Crippen LogP contribution in [0, 0.1) is 11.8 Å². The first-order chi connectivity index (χ1) is 14.4. The lowest BCUT2D eigenvalue weighted by atomic mass is 9.90. The zero-order valence-electron chi connectivity index (χ0n) is 16.5. The lowest BCUT2D eigenvalue weighted by Crippen LogP contribution is -1.97. The molecule has 0 heteroatoms. The Hall–Kier alpha value is -3.12. The van der Waals surface area contributed by atoms with Crippen molar-refractivity contribution < 1.29 is 0 Å². The van der Waals surface area contributed by atoms with Crippen LogP contribution < -0.4 is 0 Å². The zero-order chi connectivity index (χ0) is 19.5. The predicted octanol–water partition coefficient (Wildman–Crippen LogP) is 7.75. The molecular formula is C29H24. The Morgan fingerprint density at radius 2 is 0.724 bits per heavy atom. The second-order valence-electron chi connectivity index (χ2n) is 7.78. The molecule has 0 heterocycles. The lowest BCUT2D eigenvalue weighted by Gasteiger charge is -2.14. The lowest BCUT2D eigenvalue weighted by molar-refractivity contribution is 0.942. The van der Waals surface area contributed by atoms with E-state index in [0.29, 0.717) is 0 Å². The van der Waals surface area contributed by atoms with Gasteiger partial charge in [0.15, 0.2) is 0 Å². The van der Waals surface area contributed by atoms with Crippen LogP contribution in [0.15, 0.2) is 109 Å². The van der Waals surface area contributed by atoms with E-state index in [9.17, 15) is 0 Å². The van der Waals surface area contributed by atoms with E-state index in [4.69, 9.17) is 0 Å². The fourth-order valence-electron chi connectivity index (χ4n) is 4.33. The van der Waals surface area contributed by atoms with Gasteiger partial charge in [-0.25, -0.2) is 0 Å². The standard InChI is InChI=1S/C29H24/c1-3-9-22(10-4-1)24-13-7-15-26(19-24)28-17-18-29(21-28)27-16-8-14-25(20-27)23-11-5-2-6-12-23/h1-16,19-20H,17-18,21H2. The maximum Gasteiger partial charge on any atom is 0.00595 e. The van der Waals surface area contributed by atoms with Gasteiger partial charge in [0.25, 0.3) is 0 Å². The van der Waals surface area contributed by atoms with Crippen molar-refractivity contribution in [1.82, 2.24) is 0 Å². The first kappa shape index (κ1) is 17.9. The second kappa shape index (κ2) is 8.09. The van der Waals surface area contributed by atoms with Crippen LogP contribution >= 0.6 is 0 Å². The largest absolute Gasteiger partial charge is 0.0622 e. The number of rotatable bonds is 4. The van der Waals surface area contributed by atoms with Crippen LogP contribution in [0.1, 0.15) is 30.4 Å².